The van der Waals surface area contributed by atoms with E-state index < -0.39 is 0 Å². The predicted octanol–water partition coefficient (Wildman–Crippen LogP) is 4.27. The molecule has 2 N–H and O–H groups in total. The largest absolute Gasteiger partial charge is 0.507 e. The second kappa shape index (κ2) is 7.83. The Hall–Kier alpha value is -2.82. The smallest absolute Gasteiger partial charge is 0.308 e. The van der Waals surface area contributed by atoms with Crippen molar-refractivity contribution in [3.63, 3.8) is 0 Å². The molecule has 0 heterocycles. The number of carbonyl (C=O) groups is 1. The molecule has 0 atom stereocenters. The van der Waals surface area contributed by atoms with Crippen molar-refractivity contribution in [3.05, 3.63) is 52.6 Å². The van der Waals surface area contributed by atoms with Gasteiger partial charge in [-0.1, -0.05) is 18.2 Å². The van der Waals surface area contributed by atoms with E-state index in [2.05, 4.69) is 10.5 Å². The lowest BCUT2D eigenvalue weighted by atomic mass is 9.94. The van der Waals surface area contributed by atoms with E-state index in [1.165, 1.54) is 6.92 Å². The summed E-state index contributed by atoms with van der Waals surface area (Å²) in [5.41, 5.74) is 7.65. The lowest BCUT2D eigenvalue weighted by Gasteiger charge is -2.18. The van der Waals surface area contributed by atoms with Crippen molar-refractivity contribution >= 4 is 17.4 Å². The predicted molar refractivity (Wildman–Crippen MR) is 101 cm³/mol. The molecule has 0 spiro atoms. The van der Waals surface area contributed by atoms with Crippen molar-refractivity contribution in [1.82, 2.24) is 0 Å². The van der Waals surface area contributed by atoms with Gasteiger partial charge < -0.3 is 9.84 Å². The Bertz CT molecular complexity index is 812. The Kier molecular flexibility index (Phi) is 5.80. The van der Waals surface area contributed by atoms with Crippen LogP contribution in [0.15, 0.2) is 35.4 Å². The van der Waals surface area contributed by atoms with Gasteiger partial charge in [-0.2, -0.15) is 5.10 Å². The lowest BCUT2D eigenvalue weighted by Crippen LogP contribution is -2.11. The number of anilines is 1. The number of benzene rings is 2. The molecule has 0 amide bonds. The van der Waals surface area contributed by atoms with Gasteiger partial charge in [0.05, 0.1) is 5.69 Å². The maximum Gasteiger partial charge on any atom is 0.308 e. The highest BCUT2D eigenvalue weighted by atomic mass is 16.5. The van der Waals surface area contributed by atoms with Gasteiger partial charge in [-0.15, -0.1) is 0 Å². The van der Waals surface area contributed by atoms with Crippen molar-refractivity contribution in [3.8, 4) is 11.5 Å². The zero-order valence-electron chi connectivity index (χ0n) is 15.3. The zero-order valence-corrected chi connectivity index (χ0v) is 15.3. The van der Waals surface area contributed by atoms with Crippen LogP contribution in [-0.4, -0.2) is 16.8 Å². The van der Waals surface area contributed by atoms with Gasteiger partial charge in [0, 0.05) is 24.6 Å². The fourth-order valence-corrected chi connectivity index (χ4v) is 2.63. The molecular formula is C20H24N2O3. The normalized spacial score (nSPS) is 11.3. The minimum absolute atomic E-state index is 0.229. The first-order valence-corrected chi connectivity index (χ1v) is 8.15. The fraction of sp³-hybridized carbons (Fsp3) is 0.300. The summed E-state index contributed by atoms with van der Waals surface area (Å²) in [6.07, 6.45) is 0.461. The molecule has 0 saturated carbocycles. The summed E-state index contributed by atoms with van der Waals surface area (Å²) in [5, 5.41) is 14.7. The second-order valence-electron chi connectivity index (χ2n) is 6.13. The Labute approximate surface area is 148 Å². The number of ether oxygens (including phenoxy) is 1. The number of phenolic OH excluding ortho intramolecular Hbond substituents is 1. The molecule has 2 aromatic rings. The van der Waals surface area contributed by atoms with Crippen LogP contribution in [0.1, 0.15) is 36.1 Å². The number of nitrogens with zero attached hydrogens (tertiary/aromatic N) is 1. The van der Waals surface area contributed by atoms with Crippen LogP contribution in [0.3, 0.4) is 0 Å². The summed E-state index contributed by atoms with van der Waals surface area (Å²) in [6.45, 7) is 8.73. The van der Waals surface area contributed by atoms with Crippen molar-refractivity contribution < 1.29 is 14.6 Å². The van der Waals surface area contributed by atoms with Crippen molar-refractivity contribution in [2.24, 2.45) is 5.10 Å². The first-order chi connectivity index (χ1) is 11.8. The number of hydrazone groups is 1. The highest BCUT2D eigenvalue weighted by Gasteiger charge is 2.20. The number of phenols is 1. The first kappa shape index (κ1) is 18.5. The van der Waals surface area contributed by atoms with E-state index in [0.29, 0.717) is 17.7 Å². The van der Waals surface area contributed by atoms with Crippen LogP contribution in [0.5, 0.6) is 11.5 Å². The quantitative estimate of drug-likeness (QED) is 0.369. The Morgan fingerprint density at radius 1 is 1.08 bits per heavy atom. The van der Waals surface area contributed by atoms with Gasteiger partial charge in [-0.25, -0.2) is 0 Å². The van der Waals surface area contributed by atoms with Gasteiger partial charge >= 0.3 is 5.97 Å². The number of aromatic hydroxyl groups is 1. The van der Waals surface area contributed by atoms with Crippen LogP contribution in [-0.2, 0) is 11.2 Å². The van der Waals surface area contributed by atoms with Crippen LogP contribution in [0.4, 0.5) is 5.69 Å². The Morgan fingerprint density at radius 2 is 1.72 bits per heavy atom. The van der Waals surface area contributed by atoms with Gasteiger partial charge in [0.2, 0.25) is 0 Å². The highest BCUT2D eigenvalue weighted by Crippen LogP contribution is 2.37. The number of carbonyl (C=O) groups excluding carboxylic acids is 1. The molecule has 2 aromatic carbocycles. The topological polar surface area (TPSA) is 70.9 Å². The maximum absolute atomic E-state index is 11.5. The number of para-hydroxylation sites is 1. The molecule has 25 heavy (non-hydrogen) atoms. The van der Waals surface area contributed by atoms with E-state index in [9.17, 15) is 9.90 Å². The number of rotatable bonds is 5. The molecule has 0 aliphatic heterocycles. The monoisotopic (exact) mass is 340 g/mol. The fourth-order valence-electron chi connectivity index (χ4n) is 2.63. The summed E-state index contributed by atoms with van der Waals surface area (Å²) < 4.78 is 5.43. The van der Waals surface area contributed by atoms with Gasteiger partial charge in [0.1, 0.15) is 11.5 Å². The number of hydrogen-bond donors (Lipinski definition) is 2. The summed E-state index contributed by atoms with van der Waals surface area (Å²) in [4.78, 5) is 11.5. The molecule has 0 radical (unpaired) electrons. The van der Waals surface area contributed by atoms with Gasteiger partial charge in [0.15, 0.2) is 0 Å². The second-order valence-corrected chi connectivity index (χ2v) is 6.13. The van der Waals surface area contributed by atoms with Gasteiger partial charge in [0.25, 0.3) is 0 Å². The van der Waals surface area contributed by atoms with Crippen LogP contribution < -0.4 is 10.2 Å². The maximum atomic E-state index is 11.5. The third-order valence-corrected chi connectivity index (χ3v) is 4.17. The molecule has 0 aliphatic rings. The minimum Gasteiger partial charge on any atom is -0.507 e. The summed E-state index contributed by atoms with van der Waals surface area (Å²) in [6, 6.07) is 9.64. The van der Waals surface area contributed by atoms with E-state index in [4.69, 9.17) is 4.74 Å². The van der Waals surface area contributed by atoms with E-state index in [1.54, 1.807) is 0 Å². The zero-order chi connectivity index (χ0) is 18.6. The molecule has 0 aliphatic carbocycles. The molecule has 132 valence electrons. The molecule has 0 unspecified atom stereocenters. The molecule has 0 bridgehead atoms. The minimum atomic E-state index is -0.383. The summed E-state index contributed by atoms with van der Waals surface area (Å²) >= 11 is 0. The molecule has 0 aromatic heterocycles. The molecular weight excluding hydrogens is 316 g/mol. The Balaban J connectivity index is 2.35. The molecule has 0 fully saturated rings. The Morgan fingerprint density at radius 3 is 2.32 bits per heavy atom. The van der Waals surface area contributed by atoms with Crippen molar-refractivity contribution in [2.45, 2.75) is 41.0 Å². The third kappa shape index (κ3) is 4.38. The summed E-state index contributed by atoms with van der Waals surface area (Å²) in [5.74, 6) is 0.354. The average Bonchev–Trinajstić information content (AvgIpc) is 2.60. The average molecular weight is 340 g/mol. The highest BCUT2D eigenvalue weighted by molar-refractivity contribution is 5.87. The first-order valence-electron chi connectivity index (χ1n) is 8.15. The number of nitrogens with one attached hydrogen (secondary N) is 1. The standard InChI is InChI=1S/C20H24N2O3/c1-12(21-22-17-9-7-6-8-10-17)11-18-15(4)19(24)13(2)14(3)20(18)25-16(5)23/h6-10,22,24H,11H2,1-5H3. The third-order valence-electron chi connectivity index (χ3n) is 4.17. The van der Waals surface area contributed by atoms with Gasteiger partial charge in [-0.3, -0.25) is 10.2 Å². The van der Waals surface area contributed by atoms with Crippen LogP contribution >= 0.6 is 0 Å². The van der Waals surface area contributed by atoms with Crippen molar-refractivity contribution in [1.29, 1.82) is 0 Å². The van der Waals surface area contributed by atoms with E-state index >= 15 is 0 Å². The van der Waals surface area contributed by atoms with E-state index in [0.717, 1.165) is 28.1 Å². The van der Waals surface area contributed by atoms with Crippen LogP contribution in [0.2, 0.25) is 0 Å². The van der Waals surface area contributed by atoms with E-state index in [1.807, 2.05) is 58.0 Å². The summed E-state index contributed by atoms with van der Waals surface area (Å²) in [7, 11) is 0. The number of esters is 1. The molecule has 5 nitrogen and oxygen atoms in total. The molecule has 0 saturated heterocycles. The number of hydrogen-bond acceptors (Lipinski definition) is 5. The van der Waals surface area contributed by atoms with Crippen LogP contribution in [0.25, 0.3) is 0 Å². The van der Waals surface area contributed by atoms with Crippen LogP contribution in [0, 0.1) is 20.8 Å². The SMILES string of the molecule is CC(=O)Oc1c(C)c(C)c(O)c(C)c1CC(C)=NNc1ccccc1. The van der Waals surface area contributed by atoms with Gasteiger partial charge in [-0.05, 0) is 56.5 Å². The lowest BCUT2D eigenvalue weighted by molar-refractivity contribution is -0.132. The molecule has 5 heteroatoms. The van der Waals surface area contributed by atoms with Crippen molar-refractivity contribution in [2.75, 3.05) is 5.43 Å². The molecule has 2 rings (SSSR count). The van der Waals surface area contributed by atoms with E-state index in [-0.39, 0.29) is 11.7 Å².